The number of hydrogen-bond donors (Lipinski definition) is 0. The molecular formula is C9H12N4O3. The van der Waals surface area contributed by atoms with Crippen LogP contribution < -0.4 is 4.90 Å². The lowest BCUT2D eigenvalue weighted by Crippen LogP contribution is -2.27. The summed E-state index contributed by atoms with van der Waals surface area (Å²) in [6, 6.07) is 0. The quantitative estimate of drug-likeness (QED) is 0.547. The van der Waals surface area contributed by atoms with E-state index in [1.165, 1.54) is 15.8 Å². The molecule has 1 amide bonds. The monoisotopic (exact) mass is 224 g/mol. The molecule has 0 radical (unpaired) electrons. The summed E-state index contributed by atoms with van der Waals surface area (Å²) in [7, 11) is 1.60. The summed E-state index contributed by atoms with van der Waals surface area (Å²) < 4.78 is 1.35. The van der Waals surface area contributed by atoms with Crippen molar-refractivity contribution < 1.29 is 9.72 Å². The molecule has 1 unspecified atom stereocenters. The van der Waals surface area contributed by atoms with E-state index in [0.29, 0.717) is 13.0 Å². The van der Waals surface area contributed by atoms with E-state index < -0.39 is 4.92 Å². The zero-order valence-electron chi connectivity index (χ0n) is 9.08. The lowest BCUT2D eigenvalue weighted by atomic mass is 10.1. The van der Waals surface area contributed by atoms with E-state index in [-0.39, 0.29) is 23.3 Å². The normalized spacial score (nSPS) is 20.5. The van der Waals surface area contributed by atoms with Crippen LogP contribution in [0.4, 0.5) is 11.5 Å². The Balaban J connectivity index is 2.40. The molecule has 0 aromatic carbocycles. The maximum absolute atomic E-state index is 11.7. The largest absolute Gasteiger partial charge is 0.331 e. The minimum absolute atomic E-state index is 0.0818. The molecule has 86 valence electrons. The number of carbonyl (C=O) groups is 1. The van der Waals surface area contributed by atoms with Crippen molar-refractivity contribution in [2.24, 2.45) is 13.0 Å². The van der Waals surface area contributed by atoms with Crippen molar-refractivity contribution in [3.8, 4) is 0 Å². The standard InChI is InChI=1S/C9H12N4O3/c1-6-3-4-12(9(6)14)8-7(13(15)16)5-11(2)10-8/h5-6H,3-4H2,1-2H3. The van der Waals surface area contributed by atoms with E-state index in [1.54, 1.807) is 7.05 Å². The van der Waals surface area contributed by atoms with E-state index >= 15 is 0 Å². The minimum atomic E-state index is -0.515. The molecule has 7 heteroatoms. The van der Waals surface area contributed by atoms with Gasteiger partial charge < -0.3 is 0 Å². The first-order valence-corrected chi connectivity index (χ1v) is 5.00. The van der Waals surface area contributed by atoms with Gasteiger partial charge >= 0.3 is 5.69 Å². The van der Waals surface area contributed by atoms with Crippen LogP contribution in [0.15, 0.2) is 6.20 Å². The Morgan fingerprint density at radius 3 is 2.81 bits per heavy atom. The highest BCUT2D eigenvalue weighted by Gasteiger charge is 2.35. The fourth-order valence-electron chi connectivity index (χ4n) is 1.82. The van der Waals surface area contributed by atoms with Gasteiger partial charge in [-0.2, -0.15) is 0 Å². The van der Waals surface area contributed by atoms with Gasteiger partial charge in [0.05, 0.1) is 4.92 Å². The molecule has 1 aromatic rings. The Morgan fingerprint density at radius 2 is 2.31 bits per heavy atom. The van der Waals surface area contributed by atoms with Gasteiger partial charge in [0.2, 0.25) is 11.7 Å². The summed E-state index contributed by atoms with van der Waals surface area (Å²) in [5.41, 5.74) is -0.120. The third-order valence-corrected chi connectivity index (χ3v) is 2.72. The molecule has 0 spiro atoms. The third-order valence-electron chi connectivity index (χ3n) is 2.72. The second-order valence-electron chi connectivity index (χ2n) is 3.95. The maximum atomic E-state index is 11.7. The summed E-state index contributed by atoms with van der Waals surface area (Å²) in [5.74, 6) is -0.0229. The number of hydrogen-bond acceptors (Lipinski definition) is 4. The second kappa shape index (κ2) is 3.58. The van der Waals surface area contributed by atoms with Crippen LogP contribution in [0.25, 0.3) is 0 Å². The van der Waals surface area contributed by atoms with Crippen molar-refractivity contribution in [2.45, 2.75) is 13.3 Å². The first-order valence-electron chi connectivity index (χ1n) is 5.00. The van der Waals surface area contributed by atoms with Crippen molar-refractivity contribution in [3.05, 3.63) is 16.3 Å². The summed E-state index contributed by atoms with van der Waals surface area (Å²) in [4.78, 5) is 23.4. The summed E-state index contributed by atoms with van der Waals surface area (Å²) in [6.07, 6.45) is 2.03. The zero-order valence-corrected chi connectivity index (χ0v) is 9.08. The van der Waals surface area contributed by atoms with Crippen LogP contribution in [-0.2, 0) is 11.8 Å². The van der Waals surface area contributed by atoms with Crippen LogP contribution in [-0.4, -0.2) is 27.2 Å². The van der Waals surface area contributed by atoms with Crippen molar-refractivity contribution in [1.29, 1.82) is 0 Å². The number of aromatic nitrogens is 2. The fraction of sp³-hybridized carbons (Fsp3) is 0.556. The van der Waals surface area contributed by atoms with Gasteiger partial charge in [0, 0.05) is 19.5 Å². The van der Waals surface area contributed by atoms with Gasteiger partial charge in [0.25, 0.3) is 0 Å². The molecule has 1 aliphatic rings. The molecule has 1 saturated heterocycles. The van der Waals surface area contributed by atoms with Gasteiger partial charge in [-0.05, 0) is 6.42 Å². The number of anilines is 1. The number of nitro groups is 1. The van der Waals surface area contributed by atoms with E-state index in [2.05, 4.69) is 5.10 Å². The average molecular weight is 224 g/mol. The predicted molar refractivity (Wildman–Crippen MR) is 56.0 cm³/mol. The molecule has 2 heterocycles. The molecule has 0 N–H and O–H groups in total. The predicted octanol–water partition coefficient (Wildman–Crippen LogP) is 0.701. The molecule has 7 nitrogen and oxygen atoms in total. The average Bonchev–Trinajstić information content (AvgIpc) is 2.73. The summed E-state index contributed by atoms with van der Waals surface area (Å²) in [6.45, 7) is 2.31. The molecule has 0 bridgehead atoms. The van der Waals surface area contributed by atoms with Crippen molar-refractivity contribution in [2.75, 3.05) is 11.4 Å². The minimum Gasteiger partial charge on any atom is -0.289 e. The smallest absolute Gasteiger partial charge is 0.289 e. The van der Waals surface area contributed by atoms with Gasteiger partial charge in [-0.15, -0.1) is 5.10 Å². The zero-order chi connectivity index (χ0) is 11.9. The molecular weight excluding hydrogens is 212 g/mol. The third kappa shape index (κ3) is 1.54. The Bertz CT molecular complexity index is 454. The Morgan fingerprint density at radius 1 is 1.62 bits per heavy atom. The van der Waals surface area contributed by atoms with Gasteiger partial charge in [0.15, 0.2) is 0 Å². The maximum Gasteiger partial charge on any atom is 0.331 e. The van der Waals surface area contributed by atoms with E-state index in [0.717, 1.165) is 0 Å². The SMILES string of the molecule is CC1CCN(c2nn(C)cc2[N+](=O)[O-])C1=O. The molecule has 1 aromatic heterocycles. The Hall–Kier alpha value is -1.92. The first kappa shape index (κ1) is 10.6. The lowest BCUT2D eigenvalue weighted by molar-refractivity contribution is -0.384. The number of carbonyl (C=O) groups excluding carboxylic acids is 1. The van der Waals surface area contributed by atoms with Gasteiger partial charge in [-0.25, -0.2) is 0 Å². The van der Waals surface area contributed by atoms with Crippen molar-refractivity contribution in [1.82, 2.24) is 9.78 Å². The van der Waals surface area contributed by atoms with Crippen molar-refractivity contribution in [3.63, 3.8) is 0 Å². The van der Waals surface area contributed by atoms with Crippen LogP contribution in [0.2, 0.25) is 0 Å². The number of nitrogens with zero attached hydrogens (tertiary/aromatic N) is 4. The Labute approximate surface area is 91.8 Å². The molecule has 0 aliphatic carbocycles. The van der Waals surface area contributed by atoms with E-state index in [9.17, 15) is 14.9 Å². The van der Waals surface area contributed by atoms with Crippen LogP contribution >= 0.6 is 0 Å². The molecule has 2 rings (SSSR count). The highest BCUT2D eigenvalue weighted by Crippen LogP contribution is 2.30. The molecule has 16 heavy (non-hydrogen) atoms. The van der Waals surface area contributed by atoms with Crippen molar-refractivity contribution >= 4 is 17.4 Å². The van der Waals surface area contributed by atoms with Crippen LogP contribution in [0.3, 0.4) is 0 Å². The topological polar surface area (TPSA) is 81.3 Å². The molecule has 1 atom stereocenters. The number of aryl methyl sites for hydroxylation is 1. The molecule has 1 aliphatic heterocycles. The number of amides is 1. The fourth-order valence-corrected chi connectivity index (χ4v) is 1.82. The van der Waals surface area contributed by atoms with Gasteiger partial charge in [0.1, 0.15) is 6.20 Å². The lowest BCUT2D eigenvalue weighted by Gasteiger charge is -2.11. The van der Waals surface area contributed by atoms with Gasteiger partial charge in [-0.1, -0.05) is 6.92 Å². The summed E-state index contributed by atoms with van der Waals surface area (Å²) >= 11 is 0. The molecule has 0 saturated carbocycles. The van der Waals surface area contributed by atoms with Crippen LogP contribution in [0, 0.1) is 16.0 Å². The van der Waals surface area contributed by atoms with Crippen LogP contribution in [0.5, 0.6) is 0 Å². The molecule has 1 fully saturated rings. The van der Waals surface area contributed by atoms with E-state index in [4.69, 9.17) is 0 Å². The summed E-state index contributed by atoms with van der Waals surface area (Å²) in [5, 5.41) is 14.8. The van der Waals surface area contributed by atoms with E-state index in [1.807, 2.05) is 6.92 Å². The first-order chi connectivity index (χ1) is 7.50. The number of rotatable bonds is 2. The Kier molecular flexibility index (Phi) is 2.37. The van der Waals surface area contributed by atoms with Crippen LogP contribution in [0.1, 0.15) is 13.3 Å². The van der Waals surface area contributed by atoms with Gasteiger partial charge in [-0.3, -0.25) is 24.5 Å². The second-order valence-corrected chi connectivity index (χ2v) is 3.95. The highest BCUT2D eigenvalue weighted by atomic mass is 16.6. The highest BCUT2D eigenvalue weighted by molar-refractivity contribution is 5.97.